The zero-order valence-electron chi connectivity index (χ0n) is 14.8. The van der Waals surface area contributed by atoms with E-state index in [1.54, 1.807) is 7.11 Å². The Bertz CT molecular complexity index is 662. The standard InChI is InChI=1S/C19H26N4O/c1-4-16-13-22(17-8-6-5-7-9-17)10-11-23(16)19-12-15(2)20-18(21-19)14-24-3/h5-9,12,16H,4,10-11,13-14H2,1-3H3/t16-/m0/s1. The summed E-state index contributed by atoms with van der Waals surface area (Å²) < 4.78 is 5.20. The molecule has 5 heteroatoms. The summed E-state index contributed by atoms with van der Waals surface area (Å²) in [6.07, 6.45) is 1.09. The number of aryl methyl sites for hydroxylation is 1. The molecule has 1 aromatic carbocycles. The second-order valence-corrected chi connectivity index (χ2v) is 6.25. The third-order valence-electron chi connectivity index (χ3n) is 4.53. The third kappa shape index (κ3) is 3.67. The predicted octanol–water partition coefficient (Wildman–Crippen LogP) is 3.04. The number of anilines is 2. The van der Waals surface area contributed by atoms with Crippen molar-refractivity contribution in [2.24, 2.45) is 0 Å². The first-order chi connectivity index (χ1) is 11.7. The van der Waals surface area contributed by atoms with Crippen molar-refractivity contribution in [3.05, 3.63) is 47.9 Å². The summed E-state index contributed by atoms with van der Waals surface area (Å²) in [5, 5.41) is 0. The minimum absolute atomic E-state index is 0.448. The maximum Gasteiger partial charge on any atom is 0.156 e. The number of methoxy groups -OCH3 is 1. The van der Waals surface area contributed by atoms with Gasteiger partial charge < -0.3 is 14.5 Å². The van der Waals surface area contributed by atoms with Crippen LogP contribution < -0.4 is 9.80 Å². The van der Waals surface area contributed by atoms with Crippen molar-refractivity contribution in [2.45, 2.75) is 32.9 Å². The molecule has 1 aliphatic rings. The second kappa shape index (κ2) is 7.62. The highest BCUT2D eigenvalue weighted by atomic mass is 16.5. The first kappa shape index (κ1) is 16.7. The van der Waals surface area contributed by atoms with Crippen LogP contribution in [0.4, 0.5) is 11.5 Å². The number of benzene rings is 1. The van der Waals surface area contributed by atoms with E-state index in [1.165, 1.54) is 5.69 Å². The molecule has 0 amide bonds. The normalized spacial score (nSPS) is 18.0. The van der Waals surface area contributed by atoms with Crippen LogP contribution in [-0.4, -0.2) is 42.8 Å². The molecule has 0 aliphatic carbocycles. The number of hydrogen-bond acceptors (Lipinski definition) is 5. The third-order valence-corrected chi connectivity index (χ3v) is 4.53. The van der Waals surface area contributed by atoms with Gasteiger partial charge in [0, 0.05) is 50.2 Å². The number of aromatic nitrogens is 2. The molecule has 128 valence electrons. The van der Waals surface area contributed by atoms with Crippen molar-refractivity contribution >= 4 is 11.5 Å². The Hall–Kier alpha value is -2.14. The summed E-state index contributed by atoms with van der Waals surface area (Å²) in [5.74, 6) is 1.78. The Kier molecular flexibility index (Phi) is 5.30. The van der Waals surface area contributed by atoms with Crippen molar-refractivity contribution in [3.63, 3.8) is 0 Å². The van der Waals surface area contributed by atoms with Gasteiger partial charge in [-0.25, -0.2) is 9.97 Å². The number of nitrogens with zero attached hydrogens (tertiary/aromatic N) is 4. The van der Waals surface area contributed by atoms with E-state index in [0.717, 1.165) is 43.4 Å². The Labute approximate surface area is 144 Å². The van der Waals surface area contributed by atoms with E-state index < -0.39 is 0 Å². The van der Waals surface area contributed by atoms with E-state index in [4.69, 9.17) is 9.72 Å². The Balaban J connectivity index is 1.80. The number of para-hydroxylation sites is 1. The molecule has 24 heavy (non-hydrogen) atoms. The minimum Gasteiger partial charge on any atom is -0.377 e. The maximum absolute atomic E-state index is 5.20. The molecule has 3 rings (SSSR count). The average molecular weight is 326 g/mol. The topological polar surface area (TPSA) is 41.5 Å². The average Bonchev–Trinajstić information content (AvgIpc) is 2.61. The van der Waals surface area contributed by atoms with E-state index in [9.17, 15) is 0 Å². The molecule has 0 N–H and O–H groups in total. The van der Waals surface area contributed by atoms with Crippen LogP contribution in [-0.2, 0) is 11.3 Å². The molecule has 1 atom stereocenters. The van der Waals surface area contributed by atoms with Crippen LogP contribution in [0, 0.1) is 6.92 Å². The van der Waals surface area contributed by atoms with E-state index >= 15 is 0 Å². The highest BCUT2D eigenvalue weighted by Gasteiger charge is 2.27. The number of ether oxygens (including phenoxy) is 1. The fourth-order valence-corrected chi connectivity index (χ4v) is 3.33. The van der Waals surface area contributed by atoms with Crippen molar-refractivity contribution in [1.82, 2.24) is 9.97 Å². The minimum atomic E-state index is 0.448. The lowest BCUT2D eigenvalue weighted by Gasteiger charge is -2.43. The van der Waals surface area contributed by atoms with Crippen molar-refractivity contribution < 1.29 is 4.74 Å². The predicted molar refractivity (Wildman–Crippen MR) is 97.6 cm³/mol. The molecule has 5 nitrogen and oxygen atoms in total. The number of rotatable bonds is 5. The molecule has 0 saturated carbocycles. The molecule has 0 bridgehead atoms. The van der Waals surface area contributed by atoms with E-state index in [-0.39, 0.29) is 0 Å². The van der Waals surface area contributed by atoms with E-state index in [0.29, 0.717) is 12.6 Å². The lowest BCUT2D eigenvalue weighted by atomic mass is 10.1. The quantitative estimate of drug-likeness (QED) is 0.845. The molecular weight excluding hydrogens is 300 g/mol. The zero-order valence-corrected chi connectivity index (χ0v) is 14.8. The van der Waals surface area contributed by atoms with Crippen LogP contribution in [0.2, 0.25) is 0 Å². The summed E-state index contributed by atoms with van der Waals surface area (Å²) in [6, 6.07) is 13.2. The van der Waals surface area contributed by atoms with Gasteiger partial charge in [-0.15, -0.1) is 0 Å². The summed E-state index contributed by atoms with van der Waals surface area (Å²) in [4.78, 5) is 14.1. The first-order valence-electron chi connectivity index (χ1n) is 8.61. The van der Waals surface area contributed by atoms with Gasteiger partial charge in [0.05, 0.1) is 0 Å². The van der Waals surface area contributed by atoms with Crippen LogP contribution in [0.15, 0.2) is 36.4 Å². The highest BCUT2D eigenvalue weighted by molar-refractivity contribution is 5.50. The molecular formula is C19H26N4O. The Morgan fingerprint density at radius 1 is 1.17 bits per heavy atom. The van der Waals surface area contributed by atoms with Crippen molar-refractivity contribution in [3.8, 4) is 0 Å². The molecule has 0 unspecified atom stereocenters. The van der Waals surface area contributed by atoms with Gasteiger partial charge in [-0.05, 0) is 25.5 Å². The maximum atomic E-state index is 5.20. The molecule has 0 spiro atoms. The summed E-state index contributed by atoms with van der Waals surface area (Å²) in [7, 11) is 1.68. The van der Waals surface area contributed by atoms with Gasteiger partial charge in [0.1, 0.15) is 12.4 Å². The smallest absolute Gasteiger partial charge is 0.156 e. The summed E-state index contributed by atoms with van der Waals surface area (Å²) in [6.45, 7) is 7.71. The van der Waals surface area contributed by atoms with Crippen LogP contribution >= 0.6 is 0 Å². The lowest BCUT2D eigenvalue weighted by Crippen LogP contribution is -2.53. The van der Waals surface area contributed by atoms with Gasteiger partial charge in [-0.3, -0.25) is 0 Å². The van der Waals surface area contributed by atoms with E-state index in [2.05, 4.69) is 58.1 Å². The highest BCUT2D eigenvalue weighted by Crippen LogP contribution is 2.24. The Morgan fingerprint density at radius 2 is 1.96 bits per heavy atom. The molecule has 2 aromatic rings. The summed E-state index contributed by atoms with van der Waals surface area (Å²) >= 11 is 0. The van der Waals surface area contributed by atoms with Gasteiger partial charge in [0.25, 0.3) is 0 Å². The zero-order chi connectivity index (χ0) is 16.9. The fourth-order valence-electron chi connectivity index (χ4n) is 3.33. The van der Waals surface area contributed by atoms with Crippen LogP contribution in [0.25, 0.3) is 0 Å². The van der Waals surface area contributed by atoms with Gasteiger partial charge in [-0.2, -0.15) is 0 Å². The van der Waals surface area contributed by atoms with Gasteiger partial charge in [-0.1, -0.05) is 25.1 Å². The van der Waals surface area contributed by atoms with Gasteiger partial charge in [0.15, 0.2) is 5.82 Å². The fraction of sp³-hybridized carbons (Fsp3) is 0.474. The second-order valence-electron chi connectivity index (χ2n) is 6.25. The van der Waals surface area contributed by atoms with Crippen LogP contribution in [0.3, 0.4) is 0 Å². The monoisotopic (exact) mass is 326 g/mol. The number of hydrogen-bond donors (Lipinski definition) is 0. The Morgan fingerprint density at radius 3 is 2.67 bits per heavy atom. The lowest BCUT2D eigenvalue weighted by molar-refractivity contribution is 0.177. The summed E-state index contributed by atoms with van der Waals surface area (Å²) in [5.41, 5.74) is 2.29. The number of piperazine rings is 1. The van der Waals surface area contributed by atoms with Crippen LogP contribution in [0.1, 0.15) is 24.9 Å². The van der Waals surface area contributed by atoms with Crippen molar-refractivity contribution in [1.29, 1.82) is 0 Å². The SMILES string of the molecule is CC[C@H]1CN(c2ccccc2)CCN1c1cc(C)nc(COC)n1. The molecule has 1 fully saturated rings. The van der Waals surface area contributed by atoms with Crippen LogP contribution in [0.5, 0.6) is 0 Å². The van der Waals surface area contributed by atoms with Crippen molar-refractivity contribution in [2.75, 3.05) is 36.5 Å². The largest absolute Gasteiger partial charge is 0.377 e. The first-order valence-corrected chi connectivity index (χ1v) is 8.61. The molecule has 2 heterocycles. The van der Waals surface area contributed by atoms with Gasteiger partial charge in [0.2, 0.25) is 0 Å². The molecule has 0 radical (unpaired) electrons. The molecule has 1 saturated heterocycles. The molecule has 1 aromatic heterocycles. The van der Waals surface area contributed by atoms with E-state index in [1.807, 2.05) is 6.92 Å². The molecule has 1 aliphatic heterocycles. The van der Waals surface area contributed by atoms with Gasteiger partial charge >= 0.3 is 0 Å².